The number of aliphatic hydroxyl groups is 1. The molecule has 1 aromatic heterocycles. The summed E-state index contributed by atoms with van der Waals surface area (Å²) < 4.78 is 27.4. The first-order valence-electron chi connectivity index (χ1n) is 5.99. The second-order valence-corrected chi connectivity index (χ2v) is 9.57. The van der Waals surface area contributed by atoms with Crippen LogP contribution in [0.4, 0.5) is 0 Å². The molecule has 1 saturated carbocycles. The first-order chi connectivity index (χ1) is 8.82. The summed E-state index contributed by atoms with van der Waals surface area (Å²) in [5, 5.41) is 10.7. The lowest BCUT2D eigenvalue weighted by atomic mass is 9.85. The number of rotatable bonds is 4. The minimum atomic E-state index is -3.61. The van der Waals surface area contributed by atoms with Gasteiger partial charge in [0.15, 0.2) is 0 Å². The van der Waals surface area contributed by atoms with Crippen LogP contribution in [0, 0.1) is 0 Å². The molecule has 0 amide bonds. The maximum Gasteiger partial charge on any atom is 0.250 e. The molecule has 0 aliphatic heterocycles. The minimum Gasteiger partial charge on any atom is -0.389 e. The molecule has 2 rings (SSSR count). The molecule has 0 spiro atoms. The van der Waals surface area contributed by atoms with Gasteiger partial charge in [0.1, 0.15) is 4.21 Å². The maximum atomic E-state index is 12.1. The predicted molar refractivity (Wildman–Crippen MR) is 80.3 cm³/mol. The summed E-state index contributed by atoms with van der Waals surface area (Å²) in [7, 11) is -3.61. The van der Waals surface area contributed by atoms with Crippen molar-refractivity contribution in [3.8, 4) is 0 Å². The van der Waals surface area contributed by atoms with E-state index in [0.717, 1.165) is 30.6 Å². The van der Waals surface area contributed by atoms with Gasteiger partial charge in [-0.25, -0.2) is 13.1 Å². The first kappa shape index (κ1) is 15.7. The van der Waals surface area contributed by atoms with Crippen LogP contribution in [0.1, 0.15) is 32.1 Å². The molecule has 1 fully saturated rings. The second kappa shape index (κ2) is 5.99. The largest absolute Gasteiger partial charge is 0.389 e. The lowest BCUT2D eigenvalue weighted by Crippen LogP contribution is -2.44. The summed E-state index contributed by atoms with van der Waals surface area (Å²) in [4.78, 5) is 0. The molecule has 0 atom stereocenters. The smallest absolute Gasteiger partial charge is 0.250 e. The molecule has 0 bridgehead atoms. The molecule has 1 aliphatic rings. The van der Waals surface area contributed by atoms with Crippen LogP contribution in [0.3, 0.4) is 0 Å². The molecule has 19 heavy (non-hydrogen) atoms. The molecule has 0 aromatic carbocycles. The number of thiophene rings is 1. The van der Waals surface area contributed by atoms with Gasteiger partial charge in [0.25, 0.3) is 0 Å². The standard InChI is InChI=1S/C11H15BrClNO3S2/c12-10-8(13)6-9(18-10)19(16,17)14-7-11(15)4-2-1-3-5-11/h6,14-15H,1-5,7H2. The van der Waals surface area contributed by atoms with E-state index in [4.69, 9.17) is 11.6 Å². The Bertz CT molecular complexity index is 533. The SMILES string of the molecule is O=S(=O)(NCC1(O)CCCCC1)c1cc(Cl)c(Br)s1. The van der Waals surface area contributed by atoms with Gasteiger partial charge in [-0.3, -0.25) is 0 Å². The predicted octanol–water partition coefficient (Wildman–Crippen LogP) is 3.14. The highest BCUT2D eigenvalue weighted by Crippen LogP contribution is 2.35. The third-order valence-electron chi connectivity index (χ3n) is 3.26. The van der Waals surface area contributed by atoms with Gasteiger partial charge in [0.05, 0.1) is 14.4 Å². The zero-order chi connectivity index (χ0) is 14.1. The van der Waals surface area contributed by atoms with Crippen LogP contribution in [0.25, 0.3) is 0 Å². The fraction of sp³-hybridized carbons (Fsp3) is 0.636. The van der Waals surface area contributed by atoms with Crippen molar-refractivity contribution in [3.05, 3.63) is 14.9 Å². The average Bonchev–Trinajstić information content (AvgIpc) is 2.69. The summed E-state index contributed by atoms with van der Waals surface area (Å²) >= 11 is 10.1. The molecule has 2 N–H and O–H groups in total. The van der Waals surface area contributed by atoms with E-state index in [1.165, 1.54) is 6.07 Å². The Morgan fingerprint density at radius 2 is 2.05 bits per heavy atom. The Hall–Kier alpha value is 0.340. The van der Waals surface area contributed by atoms with Crippen molar-refractivity contribution in [1.82, 2.24) is 4.72 Å². The zero-order valence-corrected chi connectivity index (χ0v) is 14.1. The second-order valence-electron chi connectivity index (χ2n) is 4.80. The number of hydrogen-bond acceptors (Lipinski definition) is 4. The lowest BCUT2D eigenvalue weighted by molar-refractivity contribution is 0.00946. The van der Waals surface area contributed by atoms with E-state index in [-0.39, 0.29) is 10.8 Å². The first-order valence-corrected chi connectivity index (χ1v) is 9.46. The molecular formula is C11H15BrClNO3S2. The van der Waals surface area contributed by atoms with Crippen molar-refractivity contribution in [3.63, 3.8) is 0 Å². The monoisotopic (exact) mass is 387 g/mol. The Labute approximate surface area is 130 Å². The van der Waals surface area contributed by atoms with E-state index in [1.54, 1.807) is 0 Å². The van der Waals surface area contributed by atoms with E-state index < -0.39 is 15.6 Å². The van der Waals surface area contributed by atoms with Gasteiger partial charge >= 0.3 is 0 Å². The van der Waals surface area contributed by atoms with Crippen molar-refractivity contribution in [2.24, 2.45) is 0 Å². The number of nitrogens with one attached hydrogen (secondary N) is 1. The topological polar surface area (TPSA) is 66.4 Å². The van der Waals surface area contributed by atoms with Crippen LogP contribution in [-0.2, 0) is 10.0 Å². The minimum absolute atomic E-state index is 0.0580. The maximum absolute atomic E-state index is 12.1. The summed E-state index contributed by atoms with van der Waals surface area (Å²) in [6.07, 6.45) is 4.26. The highest BCUT2D eigenvalue weighted by molar-refractivity contribution is 9.11. The van der Waals surface area contributed by atoms with Crippen molar-refractivity contribution in [1.29, 1.82) is 0 Å². The van der Waals surface area contributed by atoms with Gasteiger partial charge in [0.2, 0.25) is 10.0 Å². The Kier molecular flexibility index (Phi) is 4.96. The Morgan fingerprint density at radius 3 is 2.58 bits per heavy atom. The van der Waals surface area contributed by atoms with Crippen LogP contribution in [0.2, 0.25) is 5.02 Å². The molecule has 0 radical (unpaired) electrons. The quantitative estimate of drug-likeness (QED) is 0.832. The highest BCUT2D eigenvalue weighted by atomic mass is 79.9. The molecule has 1 heterocycles. The van der Waals surface area contributed by atoms with Crippen LogP contribution in [-0.4, -0.2) is 25.7 Å². The molecule has 1 aromatic rings. The highest BCUT2D eigenvalue weighted by Gasteiger charge is 2.31. The van der Waals surface area contributed by atoms with Crippen LogP contribution >= 0.6 is 38.9 Å². The fourth-order valence-electron chi connectivity index (χ4n) is 2.15. The van der Waals surface area contributed by atoms with Gasteiger partial charge in [-0.15, -0.1) is 11.3 Å². The van der Waals surface area contributed by atoms with E-state index >= 15 is 0 Å². The molecule has 108 valence electrons. The summed E-state index contributed by atoms with van der Waals surface area (Å²) in [5.74, 6) is 0. The normalized spacial score (nSPS) is 19.5. The van der Waals surface area contributed by atoms with Crippen molar-refractivity contribution < 1.29 is 13.5 Å². The van der Waals surface area contributed by atoms with Gasteiger partial charge in [0, 0.05) is 6.54 Å². The number of halogens is 2. The van der Waals surface area contributed by atoms with Crippen LogP contribution in [0.15, 0.2) is 14.1 Å². The van der Waals surface area contributed by atoms with Crippen LogP contribution < -0.4 is 4.72 Å². The number of hydrogen-bond donors (Lipinski definition) is 2. The van der Waals surface area contributed by atoms with Crippen molar-refractivity contribution >= 4 is 48.9 Å². The summed E-state index contributed by atoms with van der Waals surface area (Å²) in [5.41, 5.74) is -0.913. The number of sulfonamides is 1. The third kappa shape index (κ3) is 3.92. The molecule has 1 aliphatic carbocycles. The molecule has 0 saturated heterocycles. The van der Waals surface area contributed by atoms with E-state index in [1.807, 2.05) is 0 Å². The van der Waals surface area contributed by atoms with Gasteiger partial charge < -0.3 is 5.11 Å². The summed E-state index contributed by atoms with van der Waals surface area (Å²) in [6.45, 7) is 0.0580. The van der Waals surface area contributed by atoms with Crippen molar-refractivity contribution in [2.45, 2.75) is 41.9 Å². The third-order valence-corrected chi connectivity index (χ3v) is 7.61. The van der Waals surface area contributed by atoms with E-state index in [2.05, 4.69) is 20.7 Å². The molecular weight excluding hydrogens is 374 g/mol. The van der Waals surface area contributed by atoms with Gasteiger partial charge in [-0.1, -0.05) is 30.9 Å². The van der Waals surface area contributed by atoms with Crippen molar-refractivity contribution in [2.75, 3.05) is 6.54 Å². The summed E-state index contributed by atoms with van der Waals surface area (Å²) in [6, 6.07) is 1.41. The Morgan fingerprint density at radius 1 is 1.42 bits per heavy atom. The molecule has 4 nitrogen and oxygen atoms in total. The van der Waals surface area contributed by atoms with E-state index in [9.17, 15) is 13.5 Å². The fourth-order valence-corrected chi connectivity index (χ4v) is 5.71. The van der Waals surface area contributed by atoms with Crippen LogP contribution in [0.5, 0.6) is 0 Å². The molecule has 8 heteroatoms. The lowest BCUT2D eigenvalue weighted by Gasteiger charge is -2.31. The van der Waals surface area contributed by atoms with E-state index in [0.29, 0.717) is 21.7 Å². The van der Waals surface area contributed by atoms with Gasteiger partial charge in [-0.2, -0.15) is 0 Å². The zero-order valence-electron chi connectivity index (χ0n) is 10.2. The average molecular weight is 389 g/mol. The van der Waals surface area contributed by atoms with Gasteiger partial charge in [-0.05, 0) is 34.8 Å². The Balaban J connectivity index is 2.05. The molecule has 0 unspecified atom stereocenters.